The topological polar surface area (TPSA) is 57.7 Å². The van der Waals surface area contributed by atoms with Crippen LogP contribution in [0.15, 0.2) is 77.7 Å². The summed E-state index contributed by atoms with van der Waals surface area (Å²) < 4.78 is 54.2. The molecule has 3 rings (SSSR count). The molecule has 0 atom stereocenters. The van der Waals surface area contributed by atoms with Crippen molar-refractivity contribution in [2.24, 2.45) is 0 Å². The fourth-order valence-corrected chi connectivity index (χ4v) is 4.73. The molecule has 0 N–H and O–H groups in total. The zero-order chi connectivity index (χ0) is 22.6. The van der Waals surface area contributed by atoms with Crippen molar-refractivity contribution in [3.8, 4) is 0 Å². The van der Waals surface area contributed by atoms with Crippen LogP contribution in [0.2, 0.25) is 0 Å². The Hall–Kier alpha value is -3.26. The van der Waals surface area contributed by atoms with Crippen LogP contribution in [0.25, 0.3) is 0 Å². The molecule has 0 heterocycles. The van der Waals surface area contributed by atoms with Gasteiger partial charge < -0.3 is 4.90 Å². The van der Waals surface area contributed by atoms with Crippen LogP contribution in [-0.2, 0) is 16.6 Å². The number of nitrogens with zero attached hydrogens (tertiary/aromatic N) is 2. The van der Waals surface area contributed by atoms with Crippen molar-refractivity contribution < 1.29 is 22.0 Å². The van der Waals surface area contributed by atoms with Gasteiger partial charge in [-0.15, -0.1) is 0 Å². The molecule has 0 unspecified atom stereocenters. The molecule has 0 aromatic heterocycles. The molecule has 31 heavy (non-hydrogen) atoms. The smallest absolute Gasteiger partial charge is 0.264 e. The van der Waals surface area contributed by atoms with E-state index in [0.29, 0.717) is 11.3 Å². The highest BCUT2D eigenvalue weighted by molar-refractivity contribution is 7.92. The van der Waals surface area contributed by atoms with Gasteiger partial charge in [-0.25, -0.2) is 17.2 Å². The van der Waals surface area contributed by atoms with Crippen molar-refractivity contribution in [3.05, 3.63) is 95.6 Å². The molecule has 0 aliphatic rings. The summed E-state index contributed by atoms with van der Waals surface area (Å²) >= 11 is 0. The molecule has 0 fully saturated rings. The first-order valence-electron chi connectivity index (χ1n) is 9.61. The van der Waals surface area contributed by atoms with Crippen LogP contribution in [0.5, 0.6) is 0 Å². The molecule has 162 valence electrons. The third-order valence-corrected chi connectivity index (χ3v) is 6.65. The Morgan fingerprint density at radius 1 is 0.903 bits per heavy atom. The first kappa shape index (κ1) is 22.4. The molecular weight excluding hydrogens is 422 g/mol. The lowest BCUT2D eigenvalue weighted by atomic mass is 10.1. The maximum Gasteiger partial charge on any atom is 0.264 e. The highest BCUT2D eigenvalue weighted by Crippen LogP contribution is 2.24. The SMILES string of the molecule is CCN(c1ccccc1)S(=O)(=O)c1cccc(C(=O)N(C)Cc2ccc(F)c(F)c2)c1. The number of para-hydroxylation sites is 1. The maximum atomic E-state index is 13.4. The zero-order valence-electron chi connectivity index (χ0n) is 17.1. The minimum atomic E-state index is -3.88. The molecule has 0 aliphatic carbocycles. The van der Waals surface area contributed by atoms with Gasteiger partial charge in [0.1, 0.15) is 0 Å². The Balaban J connectivity index is 1.86. The van der Waals surface area contributed by atoms with Gasteiger partial charge in [0.15, 0.2) is 11.6 Å². The summed E-state index contributed by atoms with van der Waals surface area (Å²) in [5.41, 5.74) is 1.12. The van der Waals surface area contributed by atoms with Crippen LogP contribution in [0.4, 0.5) is 14.5 Å². The number of halogens is 2. The number of amides is 1. The van der Waals surface area contributed by atoms with E-state index < -0.39 is 27.6 Å². The highest BCUT2D eigenvalue weighted by atomic mass is 32.2. The first-order chi connectivity index (χ1) is 14.7. The molecule has 8 heteroatoms. The first-order valence-corrected chi connectivity index (χ1v) is 11.0. The third-order valence-electron chi connectivity index (χ3n) is 4.75. The predicted molar refractivity (Wildman–Crippen MR) is 115 cm³/mol. The molecule has 0 radical (unpaired) electrons. The standard InChI is InChI=1S/C23H22F2N2O3S/c1-3-27(19-9-5-4-6-10-19)31(29,30)20-11-7-8-18(15-20)23(28)26(2)16-17-12-13-21(24)22(25)14-17/h4-15H,3,16H2,1-2H3. The second kappa shape index (κ2) is 9.26. The molecule has 0 bridgehead atoms. The summed E-state index contributed by atoms with van der Waals surface area (Å²) in [6.07, 6.45) is 0. The van der Waals surface area contributed by atoms with E-state index in [1.807, 2.05) is 0 Å². The third kappa shape index (κ3) is 4.91. The largest absolute Gasteiger partial charge is 0.337 e. The van der Waals surface area contributed by atoms with Crippen molar-refractivity contribution in [1.29, 1.82) is 0 Å². The van der Waals surface area contributed by atoms with Crippen molar-refractivity contribution in [3.63, 3.8) is 0 Å². The van der Waals surface area contributed by atoms with Gasteiger partial charge in [0.2, 0.25) is 0 Å². The number of anilines is 1. The lowest BCUT2D eigenvalue weighted by Crippen LogP contribution is -2.31. The fraction of sp³-hybridized carbons (Fsp3) is 0.174. The van der Waals surface area contributed by atoms with Crippen molar-refractivity contribution >= 4 is 21.6 Å². The number of hydrogen-bond donors (Lipinski definition) is 0. The van der Waals surface area contributed by atoms with Crippen LogP contribution in [0.3, 0.4) is 0 Å². The lowest BCUT2D eigenvalue weighted by molar-refractivity contribution is 0.0784. The molecule has 1 amide bonds. The van der Waals surface area contributed by atoms with E-state index in [4.69, 9.17) is 0 Å². The summed E-state index contributed by atoms with van der Waals surface area (Å²) in [5.74, 6) is -2.40. The number of sulfonamides is 1. The average Bonchev–Trinajstić information content (AvgIpc) is 2.77. The zero-order valence-corrected chi connectivity index (χ0v) is 17.9. The predicted octanol–water partition coefficient (Wildman–Crippen LogP) is 4.45. The molecule has 3 aromatic rings. The Bertz CT molecular complexity index is 1180. The van der Waals surface area contributed by atoms with E-state index in [-0.39, 0.29) is 23.5 Å². The Morgan fingerprint density at radius 3 is 2.26 bits per heavy atom. The van der Waals surface area contributed by atoms with Crippen molar-refractivity contribution in [2.75, 3.05) is 17.9 Å². The summed E-state index contributed by atoms with van der Waals surface area (Å²) in [5, 5.41) is 0. The minimum Gasteiger partial charge on any atom is -0.337 e. The average molecular weight is 445 g/mol. The normalized spacial score (nSPS) is 11.2. The maximum absolute atomic E-state index is 13.4. The molecule has 5 nitrogen and oxygen atoms in total. The Morgan fingerprint density at radius 2 is 1.61 bits per heavy atom. The summed E-state index contributed by atoms with van der Waals surface area (Å²) in [4.78, 5) is 14.1. The van der Waals surface area contributed by atoms with E-state index in [1.165, 1.54) is 46.6 Å². The van der Waals surface area contributed by atoms with Crippen LogP contribution >= 0.6 is 0 Å². The van der Waals surface area contributed by atoms with E-state index in [9.17, 15) is 22.0 Å². The number of carbonyl (C=O) groups is 1. The van der Waals surface area contributed by atoms with Gasteiger partial charge in [0.25, 0.3) is 15.9 Å². The van der Waals surface area contributed by atoms with E-state index in [2.05, 4.69) is 0 Å². The second-order valence-electron chi connectivity index (χ2n) is 6.94. The van der Waals surface area contributed by atoms with Crippen LogP contribution in [0.1, 0.15) is 22.8 Å². The Kier molecular flexibility index (Phi) is 6.70. The molecule has 0 saturated heterocycles. The number of hydrogen-bond acceptors (Lipinski definition) is 3. The van der Waals surface area contributed by atoms with Crippen LogP contribution in [0, 0.1) is 11.6 Å². The van der Waals surface area contributed by atoms with Gasteiger partial charge >= 0.3 is 0 Å². The molecule has 0 saturated carbocycles. The molecule has 0 aliphatic heterocycles. The minimum absolute atomic E-state index is 0.00900. The van der Waals surface area contributed by atoms with Gasteiger partial charge in [-0.05, 0) is 55.0 Å². The molecule has 0 spiro atoms. The lowest BCUT2D eigenvalue weighted by Gasteiger charge is -2.23. The van der Waals surface area contributed by atoms with Crippen molar-refractivity contribution in [1.82, 2.24) is 4.90 Å². The number of benzene rings is 3. The van der Waals surface area contributed by atoms with Gasteiger partial charge in [-0.1, -0.05) is 30.3 Å². The Labute approximate surface area is 180 Å². The summed E-state index contributed by atoms with van der Waals surface area (Å²) in [6, 6.07) is 17.9. The van der Waals surface area contributed by atoms with E-state index >= 15 is 0 Å². The fourth-order valence-electron chi connectivity index (χ4n) is 3.21. The van der Waals surface area contributed by atoms with Crippen LogP contribution < -0.4 is 4.31 Å². The second-order valence-corrected chi connectivity index (χ2v) is 8.81. The quantitative estimate of drug-likeness (QED) is 0.541. The van der Waals surface area contributed by atoms with Gasteiger partial charge in [0, 0.05) is 25.7 Å². The van der Waals surface area contributed by atoms with Gasteiger partial charge in [-0.2, -0.15) is 0 Å². The van der Waals surface area contributed by atoms with Crippen LogP contribution in [-0.4, -0.2) is 32.8 Å². The number of carbonyl (C=O) groups excluding carboxylic acids is 1. The summed E-state index contributed by atoms with van der Waals surface area (Å²) in [6.45, 7) is 1.99. The molecule has 3 aromatic carbocycles. The monoisotopic (exact) mass is 444 g/mol. The number of rotatable bonds is 7. The van der Waals surface area contributed by atoms with Crippen molar-refractivity contribution in [2.45, 2.75) is 18.4 Å². The van der Waals surface area contributed by atoms with Gasteiger partial charge in [-0.3, -0.25) is 9.10 Å². The molecular formula is C23H22F2N2O3S. The van der Waals surface area contributed by atoms with Gasteiger partial charge in [0.05, 0.1) is 10.6 Å². The van der Waals surface area contributed by atoms with E-state index in [0.717, 1.165) is 12.1 Å². The highest BCUT2D eigenvalue weighted by Gasteiger charge is 2.25. The van der Waals surface area contributed by atoms with E-state index in [1.54, 1.807) is 37.3 Å². The summed E-state index contributed by atoms with van der Waals surface area (Å²) in [7, 11) is -2.38.